The van der Waals surface area contributed by atoms with E-state index in [0.29, 0.717) is 18.3 Å². The third kappa shape index (κ3) is 4.71. The summed E-state index contributed by atoms with van der Waals surface area (Å²) in [7, 11) is 0. The molecule has 0 aromatic carbocycles. The van der Waals surface area contributed by atoms with Crippen LogP contribution in [0.3, 0.4) is 0 Å². The summed E-state index contributed by atoms with van der Waals surface area (Å²) in [6.07, 6.45) is 7.01. The molecule has 0 spiro atoms. The summed E-state index contributed by atoms with van der Waals surface area (Å²) in [5.74, 6) is 1.16. The van der Waals surface area contributed by atoms with Crippen LogP contribution >= 0.6 is 0 Å². The van der Waals surface area contributed by atoms with Gasteiger partial charge in [-0.15, -0.1) is 0 Å². The molecule has 0 aliphatic rings. The number of hydrogen-bond acceptors (Lipinski definition) is 7. The van der Waals surface area contributed by atoms with Crippen molar-refractivity contribution in [1.29, 1.82) is 0 Å². The van der Waals surface area contributed by atoms with Gasteiger partial charge in [-0.25, -0.2) is 4.98 Å². The van der Waals surface area contributed by atoms with Gasteiger partial charge in [-0.1, -0.05) is 6.07 Å². The topological polar surface area (TPSA) is 95.8 Å². The number of aliphatic hydroxyl groups is 1. The third-order valence-corrected chi connectivity index (χ3v) is 3.55. The molecule has 0 aliphatic carbocycles. The second-order valence-corrected chi connectivity index (χ2v) is 5.64. The van der Waals surface area contributed by atoms with Crippen molar-refractivity contribution in [1.82, 2.24) is 19.9 Å². The van der Waals surface area contributed by atoms with Crippen LogP contribution in [0.15, 0.2) is 55.1 Å². The lowest BCUT2D eigenvalue weighted by Crippen LogP contribution is -2.21. The van der Waals surface area contributed by atoms with Crippen molar-refractivity contribution in [3.8, 4) is 11.3 Å². The Morgan fingerprint density at radius 2 is 1.92 bits per heavy atom. The van der Waals surface area contributed by atoms with Crippen molar-refractivity contribution in [2.75, 3.05) is 17.2 Å². The van der Waals surface area contributed by atoms with E-state index in [2.05, 4.69) is 30.6 Å². The van der Waals surface area contributed by atoms with Gasteiger partial charge in [0.05, 0.1) is 12.3 Å². The van der Waals surface area contributed by atoms with E-state index in [-0.39, 0.29) is 12.6 Å². The highest BCUT2D eigenvalue weighted by Gasteiger charge is 2.09. The monoisotopic (exact) mass is 336 g/mol. The zero-order chi connectivity index (χ0) is 17.5. The van der Waals surface area contributed by atoms with E-state index in [1.165, 1.54) is 0 Å². The molecule has 0 bridgehead atoms. The van der Waals surface area contributed by atoms with Gasteiger partial charge in [-0.2, -0.15) is 4.98 Å². The van der Waals surface area contributed by atoms with Crippen molar-refractivity contribution >= 4 is 11.8 Å². The quantitative estimate of drug-likeness (QED) is 0.609. The van der Waals surface area contributed by atoms with Gasteiger partial charge >= 0.3 is 0 Å². The molecule has 0 fully saturated rings. The van der Waals surface area contributed by atoms with Crippen LogP contribution in [0.4, 0.5) is 11.8 Å². The smallest absolute Gasteiger partial charge is 0.225 e. The van der Waals surface area contributed by atoms with E-state index in [0.717, 1.165) is 16.8 Å². The number of aliphatic hydroxyl groups excluding tert-OH is 1. The summed E-state index contributed by atoms with van der Waals surface area (Å²) in [4.78, 5) is 17.2. The SMILES string of the molecule is C[C@H](CO)Nc1nc(NCc2cccnc2)cc(-c2ccncc2)n1. The van der Waals surface area contributed by atoms with Gasteiger partial charge in [0.25, 0.3) is 0 Å². The Kier molecular flexibility index (Phi) is 5.48. The van der Waals surface area contributed by atoms with Crippen molar-refractivity contribution in [2.45, 2.75) is 19.5 Å². The molecule has 25 heavy (non-hydrogen) atoms. The molecule has 7 heteroatoms. The summed E-state index contributed by atoms with van der Waals surface area (Å²) in [6, 6.07) is 9.44. The number of anilines is 2. The van der Waals surface area contributed by atoms with Crippen LogP contribution in [0.1, 0.15) is 12.5 Å². The van der Waals surface area contributed by atoms with Crippen LogP contribution in [-0.4, -0.2) is 37.7 Å². The lowest BCUT2D eigenvalue weighted by molar-refractivity contribution is 0.281. The normalized spacial score (nSPS) is 11.8. The minimum Gasteiger partial charge on any atom is -0.394 e. The first kappa shape index (κ1) is 16.8. The molecule has 0 radical (unpaired) electrons. The van der Waals surface area contributed by atoms with Crippen molar-refractivity contribution in [2.24, 2.45) is 0 Å². The molecule has 0 saturated heterocycles. The Morgan fingerprint density at radius 1 is 1.08 bits per heavy atom. The summed E-state index contributed by atoms with van der Waals surface area (Å²) in [6.45, 7) is 2.47. The van der Waals surface area contributed by atoms with Gasteiger partial charge in [0.1, 0.15) is 5.82 Å². The van der Waals surface area contributed by atoms with Gasteiger partial charge in [0.15, 0.2) is 0 Å². The van der Waals surface area contributed by atoms with E-state index < -0.39 is 0 Å². The Labute approximate surface area is 146 Å². The van der Waals surface area contributed by atoms with Gasteiger partial charge in [-0.05, 0) is 30.7 Å². The van der Waals surface area contributed by atoms with Gasteiger partial charge in [-0.3, -0.25) is 9.97 Å². The van der Waals surface area contributed by atoms with Crippen LogP contribution < -0.4 is 10.6 Å². The zero-order valence-electron chi connectivity index (χ0n) is 13.9. The summed E-state index contributed by atoms with van der Waals surface area (Å²) in [5, 5.41) is 15.6. The fraction of sp³-hybridized carbons (Fsp3) is 0.222. The molecule has 3 heterocycles. The van der Waals surface area contributed by atoms with Crippen LogP contribution in [0, 0.1) is 0 Å². The summed E-state index contributed by atoms with van der Waals surface area (Å²) >= 11 is 0. The molecule has 0 aliphatic heterocycles. The van der Waals surface area contributed by atoms with Gasteiger partial charge in [0.2, 0.25) is 5.95 Å². The fourth-order valence-corrected chi connectivity index (χ4v) is 2.23. The first-order valence-electron chi connectivity index (χ1n) is 8.04. The highest BCUT2D eigenvalue weighted by molar-refractivity contribution is 5.64. The van der Waals surface area contributed by atoms with E-state index in [1.54, 1.807) is 18.6 Å². The molecule has 0 saturated carbocycles. The second kappa shape index (κ2) is 8.16. The predicted molar refractivity (Wildman–Crippen MR) is 97.0 cm³/mol. The standard InChI is InChI=1S/C18H20N6O/c1-13(12-25)22-18-23-16(15-4-7-19-8-5-15)9-17(24-18)21-11-14-3-2-6-20-10-14/h2-10,13,25H,11-12H2,1H3,(H2,21,22,23,24)/t13-/m1/s1. The Hall–Kier alpha value is -3.06. The average molecular weight is 336 g/mol. The molecular formula is C18H20N6O. The van der Waals surface area contributed by atoms with Gasteiger partial charge < -0.3 is 15.7 Å². The van der Waals surface area contributed by atoms with E-state index in [4.69, 9.17) is 0 Å². The van der Waals surface area contributed by atoms with Crippen LogP contribution in [0.2, 0.25) is 0 Å². The van der Waals surface area contributed by atoms with Gasteiger partial charge in [0, 0.05) is 49.0 Å². The Balaban J connectivity index is 1.86. The number of hydrogen-bond donors (Lipinski definition) is 3. The van der Waals surface area contributed by atoms with Crippen LogP contribution in [0.25, 0.3) is 11.3 Å². The number of aromatic nitrogens is 4. The Bertz CT molecular complexity index is 797. The maximum absolute atomic E-state index is 9.25. The lowest BCUT2D eigenvalue weighted by atomic mass is 10.2. The van der Waals surface area contributed by atoms with Crippen LogP contribution in [0.5, 0.6) is 0 Å². The third-order valence-electron chi connectivity index (χ3n) is 3.55. The fourth-order valence-electron chi connectivity index (χ4n) is 2.23. The predicted octanol–water partition coefficient (Wildman–Crippen LogP) is 2.34. The molecule has 7 nitrogen and oxygen atoms in total. The summed E-state index contributed by atoms with van der Waals surface area (Å²) < 4.78 is 0. The Morgan fingerprint density at radius 3 is 2.64 bits per heavy atom. The number of rotatable bonds is 7. The molecule has 1 atom stereocenters. The molecule has 128 valence electrons. The second-order valence-electron chi connectivity index (χ2n) is 5.64. The minimum atomic E-state index is -0.140. The van der Waals surface area contributed by atoms with Crippen molar-refractivity contribution in [3.63, 3.8) is 0 Å². The van der Waals surface area contributed by atoms with E-state index in [9.17, 15) is 5.11 Å². The average Bonchev–Trinajstić information content (AvgIpc) is 2.67. The number of pyridine rings is 2. The maximum atomic E-state index is 9.25. The first-order valence-corrected chi connectivity index (χ1v) is 8.04. The van der Waals surface area contributed by atoms with Crippen LogP contribution in [-0.2, 0) is 6.54 Å². The molecule has 3 aromatic heterocycles. The first-order chi connectivity index (χ1) is 12.2. The molecule has 3 rings (SSSR count). The molecule has 3 N–H and O–H groups in total. The molecule has 3 aromatic rings. The largest absolute Gasteiger partial charge is 0.394 e. The van der Waals surface area contributed by atoms with Crippen molar-refractivity contribution < 1.29 is 5.11 Å². The minimum absolute atomic E-state index is 0.00128. The van der Waals surface area contributed by atoms with E-state index >= 15 is 0 Å². The molecular weight excluding hydrogens is 316 g/mol. The number of nitrogens with one attached hydrogen (secondary N) is 2. The lowest BCUT2D eigenvalue weighted by Gasteiger charge is -2.14. The highest BCUT2D eigenvalue weighted by atomic mass is 16.3. The maximum Gasteiger partial charge on any atom is 0.225 e. The molecule has 0 unspecified atom stereocenters. The highest BCUT2D eigenvalue weighted by Crippen LogP contribution is 2.21. The number of nitrogens with zero attached hydrogens (tertiary/aromatic N) is 4. The van der Waals surface area contributed by atoms with E-state index in [1.807, 2.05) is 43.5 Å². The zero-order valence-corrected chi connectivity index (χ0v) is 13.9. The summed E-state index contributed by atoms with van der Waals surface area (Å²) in [5.41, 5.74) is 2.78. The molecule has 0 amide bonds. The van der Waals surface area contributed by atoms with Crippen molar-refractivity contribution in [3.05, 3.63) is 60.7 Å².